The van der Waals surface area contributed by atoms with Crippen LogP contribution in [0.1, 0.15) is 5.56 Å². The molecular weight excluding hydrogens is 324 g/mol. The minimum Gasteiger partial charge on any atom is -0.497 e. The van der Waals surface area contributed by atoms with Crippen molar-refractivity contribution in [2.45, 2.75) is 18.6 Å². The van der Waals surface area contributed by atoms with E-state index >= 15 is 0 Å². The molecule has 3 rings (SSSR count). The minimum absolute atomic E-state index is 0.114. The lowest BCUT2D eigenvalue weighted by molar-refractivity contribution is 0.415. The van der Waals surface area contributed by atoms with E-state index in [4.69, 9.17) is 4.74 Å². The fourth-order valence-corrected chi connectivity index (χ4v) is 4.83. The summed E-state index contributed by atoms with van der Waals surface area (Å²) in [5, 5.41) is 6.72. The fourth-order valence-electron chi connectivity index (χ4n) is 2.94. The van der Waals surface area contributed by atoms with Crippen molar-refractivity contribution in [3.05, 3.63) is 60.2 Å². The van der Waals surface area contributed by atoms with Gasteiger partial charge >= 0.3 is 0 Å². The summed E-state index contributed by atoms with van der Waals surface area (Å²) in [7, 11) is -1.41. The van der Waals surface area contributed by atoms with E-state index in [1.807, 2.05) is 54.6 Å². The molecule has 2 aromatic rings. The van der Waals surface area contributed by atoms with Gasteiger partial charge in [0.15, 0.2) is 9.84 Å². The zero-order valence-corrected chi connectivity index (χ0v) is 14.4. The number of hydrogen-bond donors (Lipinski definition) is 2. The van der Waals surface area contributed by atoms with Gasteiger partial charge in [-0.3, -0.25) is 0 Å². The smallest absolute Gasteiger partial charge is 0.153 e. The highest BCUT2D eigenvalue weighted by molar-refractivity contribution is 7.91. The summed E-state index contributed by atoms with van der Waals surface area (Å²) in [5.41, 5.74) is 2.04. The summed E-state index contributed by atoms with van der Waals surface area (Å²) in [5.74, 6) is 1.08. The van der Waals surface area contributed by atoms with Crippen LogP contribution in [0.5, 0.6) is 5.75 Å². The zero-order chi connectivity index (χ0) is 17.0. The maximum Gasteiger partial charge on any atom is 0.153 e. The molecule has 128 valence electrons. The Kier molecular flexibility index (Phi) is 5.06. The summed E-state index contributed by atoms with van der Waals surface area (Å²) in [6, 6.07) is 17.3. The fraction of sp³-hybridized carbons (Fsp3) is 0.333. The summed E-state index contributed by atoms with van der Waals surface area (Å²) in [4.78, 5) is 0. The monoisotopic (exact) mass is 346 g/mol. The van der Waals surface area contributed by atoms with E-state index in [9.17, 15) is 8.42 Å². The standard InChI is InChI=1S/C18H22N2O3S/c1-23-16-9-7-15(8-10-16)20-18-13-24(21,22)12-17(18)19-11-14-5-3-2-4-6-14/h2-10,17-20H,11-13H2,1H3/t17-,18-/m1/s1. The number of anilines is 1. The molecule has 1 fully saturated rings. The maximum atomic E-state index is 12.1. The SMILES string of the molecule is COc1ccc(N[C@@H]2CS(=O)(=O)C[C@H]2NCc2ccccc2)cc1. The van der Waals surface area contributed by atoms with E-state index in [-0.39, 0.29) is 23.6 Å². The number of sulfone groups is 1. The summed E-state index contributed by atoms with van der Waals surface area (Å²) < 4.78 is 29.3. The molecule has 5 nitrogen and oxygen atoms in total. The Morgan fingerprint density at radius 1 is 1.00 bits per heavy atom. The quantitative estimate of drug-likeness (QED) is 0.838. The van der Waals surface area contributed by atoms with Crippen LogP contribution in [0.2, 0.25) is 0 Å². The topological polar surface area (TPSA) is 67.4 Å². The predicted octanol–water partition coefficient (Wildman–Crippen LogP) is 2.06. The van der Waals surface area contributed by atoms with Crippen LogP contribution in [0.25, 0.3) is 0 Å². The van der Waals surface area contributed by atoms with E-state index in [1.165, 1.54) is 0 Å². The molecule has 2 aromatic carbocycles. The van der Waals surface area contributed by atoms with Gasteiger partial charge < -0.3 is 15.4 Å². The molecule has 2 N–H and O–H groups in total. The Balaban J connectivity index is 1.66. The first-order valence-corrected chi connectivity index (χ1v) is 9.76. The van der Waals surface area contributed by atoms with E-state index in [0.717, 1.165) is 17.0 Å². The van der Waals surface area contributed by atoms with E-state index < -0.39 is 9.84 Å². The molecule has 24 heavy (non-hydrogen) atoms. The van der Waals surface area contributed by atoms with Crippen molar-refractivity contribution in [2.75, 3.05) is 23.9 Å². The highest BCUT2D eigenvalue weighted by Gasteiger charge is 2.37. The van der Waals surface area contributed by atoms with Crippen LogP contribution >= 0.6 is 0 Å². The molecule has 6 heteroatoms. The Hall–Kier alpha value is -2.05. The molecule has 0 aliphatic carbocycles. The van der Waals surface area contributed by atoms with Crippen LogP contribution in [0.15, 0.2) is 54.6 Å². The molecule has 0 radical (unpaired) electrons. The molecule has 0 amide bonds. The van der Waals surface area contributed by atoms with E-state index in [0.29, 0.717) is 6.54 Å². The van der Waals surface area contributed by atoms with Crippen molar-refractivity contribution in [3.63, 3.8) is 0 Å². The molecular formula is C18H22N2O3S. The number of benzene rings is 2. The van der Waals surface area contributed by atoms with Gasteiger partial charge in [0.25, 0.3) is 0 Å². The lowest BCUT2D eigenvalue weighted by atomic mass is 10.1. The molecule has 0 saturated carbocycles. The van der Waals surface area contributed by atoms with Crippen molar-refractivity contribution in [2.24, 2.45) is 0 Å². The van der Waals surface area contributed by atoms with Crippen molar-refractivity contribution < 1.29 is 13.2 Å². The normalized spacial score (nSPS) is 22.2. The van der Waals surface area contributed by atoms with Gasteiger partial charge in [-0.25, -0.2) is 8.42 Å². The van der Waals surface area contributed by atoms with Gasteiger partial charge in [-0.1, -0.05) is 30.3 Å². The average molecular weight is 346 g/mol. The second-order valence-corrected chi connectivity index (χ2v) is 8.18. The molecule has 1 aliphatic heterocycles. The third-order valence-electron chi connectivity index (χ3n) is 4.21. The van der Waals surface area contributed by atoms with Crippen LogP contribution in [-0.4, -0.2) is 39.1 Å². The largest absolute Gasteiger partial charge is 0.497 e. The Bertz CT molecular complexity index is 761. The lowest BCUT2D eigenvalue weighted by Crippen LogP contribution is -2.42. The van der Waals surface area contributed by atoms with Crippen LogP contribution in [0.4, 0.5) is 5.69 Å². The molecule has 1 aliphatic rings. The van der Waals surface area contributed by atoms with Gasteiger partial charge in [0.2, 0.25) is 0 Å². The molecule has 2 atom stereocenters. The molecule has 0 spiro atoms. The van der Waals surface area contributed by atoms with Gasteiger partial charge in [0, 0.05) is 18.3 Å². The van der Waals surface area contributed by atoms with Crippen LogP contribution < -0.4 is 15.4 Å². The first-order valence-electron chi connectivity index (χ1n) is 7.94. The van der Waals surface area contributed by atoms with Crippen LogP contribution in [-0.2, 0) is 16.4 Å². The number of methoxy groups -OCH3 is 1. The number of rotatable bonds is 6. The van der Waals surface area contributed by atoms with Gasteiger partial charge in [-0.05, 0) is 29.8 Å². The third kappa shape index (κ3) is 4.27. The Morgan fingerprint density at radius 2 is 1.67 bits per heavy atom. The molecule has 1 heterocycles. The van der Waals surface area contributed by atoms with Crippen LogP contribution in [0.3, 0.4) is 0 Å². The van der Waals surface area contributed by atoms with Crippen molar-refractivity contribution in [1.82, 2.24) is 5.32 Å². The van der Waals surface area contributed by atoms with Gasteiger partial charge in [-0.2, -0.15) is 0 Å². The highest BCUT2D eigenvalue weighted by atomic mass is 32.2. The zero-order valence-electron chi connectivity index (χ0n) is 13.6. The summed E-state index contributed by atoms with van der Waals surface area (Å²) >= 11 is 0. The number of nitrogens with one attached hydrogen (secondary N) is 2. The van der Waals surface area contributed by atoms with Crippen molar-refractivity contribution in [3.8, 4) is 5.75 Å². The maximum absolute atomic E-state index is 12.1. The van der Waals surface area contributed by atoms with Gasteiger partial charge in [0.1, 0.15) is 5.75 Å². The van der Waals surface area contributed by atoms with Crippen molar-refractivity contribution >= 4 is 15.5 Å². The predicted molar refractivity (Wildman–Crippen MR) is 96.1 cm³/mol. The first kappa shape index (κ1) is 16.8. The Labute approximate surface area is 143 Å². The second kappa shape index (κ2) is 7.23. The number of hydrogen-bond acceptors (Lipinski definition) is 5. The molecule has 0 bridgehead atoms. The van der Waals surface area contributed by atoms with Crippen LogP contribution in [0, 0.1) is 0 Å². The molecule has 0 aromatic heterocycles. The van der Waals surface area contributed by atoms with Gasteiger partial charge in [0.05, 0.1) is 24.7 Å². The third-order valence-corrected chi connectivity index (χ3v) is 5.94. The summed E-state index contributed by atoms with van der Waals surface area (Å²) in [6.45, 7) is 0.655. The van der Waals surface area contributed by atoms with Crippen molar-refractivity contribution in [1.29, 1.82) is 0 Å². The molecule has 0 unspecified atom stereocenters. The average Bonchev–Trinajstić information content (AvgIpc) is 2.88. The number of ether oxygens (including phenoxy) is 1. The first-order chi connectivity index (χ1) is 11.6. The summed E-state index contributed by atoms with van der Waals surface area (Å²) in [6.07, 6.45) is 0. The minimum atomic E-state index is -3.03. The van der Waals surface area contributed by atoms with E-state index in [1.54, 1.807) is 7.11 Å². The van der Waals surface area contributed by atoms with Gasteiger partial charge in [-0.15, -0.1) is 0 Å². The lowest BCUT2D eigenvalue weighted by Gasteiger charge is -2.22. The highest BCUT2D eigenvalue weighted by Crippen LogP contribution is 2.21. The second-order valence-electron chi connectivity index (χ2n) is 6.03. The van der Waals surface area contributed by atoms with E-state index in [2.05, 4.69) is 10.6 Å². The Morgan fingerprint density at radius 3 is 2.33 bits per heavy atom. The molecule has 1 saturated heterocycles.